The zero-order chi connectivity index (χ0) is 19.9. The van der Waals surface area contributed by atoms with Crippen LogP contribution < -0.4 is 0 Å². The molecule has 0 aromatic carbocycles. The van der Waals surface area contributed by atoms with Crippen molar-refractivity contribution < 1.29 is 43.1 Å². The molecular formula is C15H20N3O8+. The zero-order valence-electron chi connectivity index (χ0n) is 14.3. The summed E-state index contributed by atoms with van der Waals surface area (Å²) in [7, 11) is 0. The molecule has 1 aliphatic rings. The van der Waals surface area contributed by atoms with E-state index in [0.717, 1.165) is 12.2 Å². The van der Waals surface area contributed by atoms with Crippen LogP contribution in [0.25, 0.3) is 0 Å². The van der Waals surface area contributed by atoms with Crippen LogP contribution in [-0.4, -0.2) is 82.5 Å². The second kappa shape index (κ2) is 8.87. The molecule has 6 amide bonds. The van der Waals surface area contributed by atoms with Gasteiger partial charge in [-0.3, -0.25) is 5.21 Å². The lowest BCUT2D eigenvalue weighted by atomic mass is 10.3. The van der Waals surface area contributed by atoms with E-state index in [1.165, 1.54) is 6.92 Å². The Bertz CT molecular complexity index is 647. The Kier molecular flexibility index (Phi) is 7.16. The molecule has 1 aliphatic heterocycles. The molecule has 0 radical (unpaired) electrons. The highest BCUT2D eigenvalue weighted by Gasteiger charge is 2.57. The first-order valence-corrected chi connectivity index (χ1v) is 7.60. The van der Waals surface area contributed by atoms with Crippen LogP contribution in [-0.2, 0) is 19.1 Å². The number of carbonyl (C=O) groups excluding carboxylic acids is 5. The lowest BCUT2D eigenvalue weighted by Gasteiger charge is -2.40. The van der Waals surface area contributed by atoms with Crippen LogP contribution in [0.1, 0.15) is 6.92 Å². The van der Waals surface area contributed by atoms with Gasteiger partial charge in [0, 0.05) is 12.2 Å². The topological polar surface area (TPSA) is 131 Å². The molecule has 0 bridgehead atoms. The van der Waals surface area contributed by atoms with Crippen LogP contribution >= 0.6 is 0 Å². The van der Waals surface area contributed by atoms with Gasteiger partial charge in [0.25, 0.3) is 0 Å². The van der Waals surface area contributed by atoms with Gasteiger partial charge >= 0.3 is 30.0 Å². The third kappa shape index (κ3) is 4.13. The van der Waals surface area contributed by atoms with Crippen molar-refractivity contribution in [1.29, 1.82) is 0 Å². The van der Waals surface area contributed by atoms with Crippen molar-refractivity contribution >= 4 is 30.0 Å². The molecule has 1 unspecified atom stereocenters. The molecule has 142 valence electrons. The number of hydroxylamine groups is 2. The van der Waals surface area contributed by atoms with Gasteiger partial charge in [-0.15, -0.1) is 0 Å². The quantitative estimate of drug-likeness (QED) is 0.271. The number of hydrogen-bond acceptors (Lipinski definition) is 8. The van der Waals surface area contributed by atoms with Crippen LogP contribution in [0, 0.1) is 0 Å². The van der Waals surface area contributed by atoms with Gasteiger partial charge in [0.05, 0.1) is 13.1 Å². The molecule has 11 heteroatoms. The van der Waals surface area contributed by atoms with Gasteiger partial charge in [-0.2, -0.15) is 4.48 Å². The van der Waals surface area contributed by atoms with Crippen LogP contribution in [0.3, 0.4) is 0 Å². The Balaban J connectivity index is 2.98. The number of esters is 2. The Morgan fingerprint density at radius 1 is 1.08 bits per heavy atom. The fraction of sp³-hybridized carbons (Fsp3) is 0.400. The third-order valence-electron chi connectivity index (χ3n) is 3.71. The first-order chi connectivity index (χ1) is 12.2. The van der Waals surface area contributed by atoms with E-state index in [-0.39, 0.29) is 37.9 Å². The third-order valence-corrected chi connectivity index (χ3v) is 3.71. The van der Waals surface area contributed by atoms with E-state index in [0.29, 0.717) is 4.90 Å². The second-order valence-electron chi connectivity index (χ2n) is 5.06. The van der Waals surface area contributed by atoms with E-state index in [4.69, 9.17) is 9.47 Å². The van der Waals surface area contributed by atoms with E-state index in [9.17, 15) is 29.2 Å². The number of imide groups is 3. The highest BCUT2D eigenvalue weighted by atomic mass is 16.6. The summed E-state index contributed by atoms with van der Waals surface area (Å²) in [5.74, 6) is -1.51. The fourth-order valence-electron chi connectivity index (χ4n) is 2.24. The average Bonchev–Trinajstić information content (AvgIpc) is 2.65. The first kappa shape index (κ1) is 21.0. The molecule has 0 aromatic rings. The van der Waals surface area contributed by atoms with Crippen molar-refractivity contribution in [2.45, 2.75) is 6.92 Å². The van der Waals surface area contributed by atoms with E-state index in [2.05, 4.69) is 13.2 Å². The Labute approximate surface area is 149 Å². The Hall–Kier alpha value is -3.05. The maximum atomic E-state index is 12.7. The number of amides is 6. The molecule has 1 saturated heterocycles. The van der Waals surface area contributed by atoms with Crippen LogP contribution in [0.5, 0.6) is 0 Å². The minimum atomic E-state index is -1.26. The monoisotopic (exact) mass is 370 g/mol. The molecular weight excluding hydrogens is 350 g/mol. The van der Waals surface area contributed by atoms with Crippen molar-refractivity contribution in [2.75, 3.05) is 32.8 Å². The molecule has 1 rings (SSSR count). The number of nitrogens with zero attached hydrogens (tertiary/aromatic N) is 3. The predicted molar refractivity (Wildman–Crippen MR) is 84.5 cm³/mol. The van der Waals surface area contributed by atoms with Crippen molar-refractivity contribution in [2.24, 2.45) is 0 Å². The van der Waals surface area contributed by atoms with Gasteiger partial charge in [-0.1, -0.05) is 18.2 Å². The zero-order valence-corrected chi connectivity index (χ0v) is 14.3. The number of rotatable bonds is 9. The maximum Gasteiger partial charge on any atom is 0.460 e. The van der Waals surface area contributed by atoms with Gasteiger partial charge in [0.15, 0.2) is 0 Å². The van der Waals surface area contributed by atoms with E-state index in [1.807, 2.05) is 0 Å². The van der Waals surface area contributed by atoms with E-state index in [1.54, 1.807) is 0 Å². The smallest absolute Gasteiger partial charge is 0.460 e. The molecule has 1 N–H and O–H groups in total. The normalized spacial score (nSPS) is 20.0. The molecule has 1 atom stereocenters. The van der Waals surface area contributed by atoms with Gasteiger partial charge in [0.1, 0.15) is 19.8 Å². The molecule has 1 fully saturated rings. The number of ether oxygens (including phenoxy) is 2. The summed E-state index contributed by atoms with van der Waals surface area (Å²) in [4.78, 5) is 59.8. The molecule has 0 saturated carbocycles. The number of likely N-dealkylation sites (N-methyl/N-ethyl adjacent to an activating group) is 1. The largest absolute Gasteiger partial charge is 0.461 e. The summed E-state index contributed by atoms with van der Waals surface area (Å²) in [6.45, 7) is 6.44. The molecule has 0 aromatic heterocycles. The molecule has 26 heavy (non-hydrogen) atoms. The highest BCUT2D eigenvalue weighted by Crippen LogP contribution is 2.22. The predicted octanol–water partition coefficient (Wildman–Crippen LogP) is 0.648. The summed E-state index contributed by atoms with van der Waals surface area (Å²) in [5, 5.41) is 9.60. The summed E-state index contributed by atoms with van der Waals surface area (Å²) in [5.41, 5.74) is 0. The van der Waals surface area contributed by atoms with Crippen molar-refractivity contribution in [3.05, 3.63) is 25.3 Å². The highest BCUT2D eigenvalue weighted by molar-refractivity contribution is 6.04. The molecule has 0 spiro atoms. The van der Waals surface area contributed by atoms with Crippen LogP contribution in [0.4, 0.5) is 14.4 Å². The van der Waals surface area contributed by atoms with Crippen molar-refractivity contribution in [3.63, 3.8) is 0 Å². The summed E-state index contributed by atoms with van der Waals surface area (Å²) < 4.78 is 8.50. The lowest BCUT2D eigenvalue weighted by molar-refractivity contribution is -0.779. The number of urea groups is 3. The first-order valence-electron chi connectivity index (χ1n) is 7.60. The minimum absolute atomic E-state index is 0.114. The minimum Gasteiger partial charge on any atom is -0.461 e. The van der Waals surface area contributed by atoms with E-state index >= 15 is 0 Å². The summed E-state index contributed by atoms with van der Waals surface area (Å²) in [6.07, 6.45) is 1.82. The average molecular weight is 370 g/mol. The van der Waals surface area contributed by atoms with Crippen molar-refractivity contribution in [1.82, 2.24) is 9.96 Å². The molecule has 1 heterocycles. The number of carbonyl (C=O) groups is 5. The summed E-state index contributed by atoms with van der Waals surface area (Å²) >= 11 is 0. The van der Waals surface area contributed by atoms with Gasteiger partial charge in [-0.25, -0.2) is 28.9 Å². The van der Waals surface area contributed by atoms with E-state index < -0.39 is 34.5 Å². The Morgan fingerprint density at radius 3 is 2.12 bits per heavy atom. The molecule has 0 aliphatic carbocycles. The maximum absolute atomic E-state index is 12.7. The SMILES string of the molecule is C=CC(=O)OCCN1C(=O)N(O)C(=O)[N+](CC)(CCOC(=O)C=C)C1=O. The number of hydrogen-bond donors (Lipinski definition) is 1. The number of quaternary nitrogens is 1. The summed E-state index contributed by atoms with van der Waals surface area (Å²) in [6, 6.07) is -3.37. The molecule has 11 nitrogen and oxygen atoms in total. The van der Waals surface area contributed by atoms with Crippen LogP contribution in [0.15, 0.2) is 25.3 Å². The lowest BCUT2D eigenvalue weighted by Crippen LogP contribution is -2.73. The Morgan fingerprint density at radius 2 is 1.62 bits per heavy atom. The van der Waals surface area contributed by atoms with Gasteiger partial charge < -0.3 is 9.47 Å². The second-order valence-corrected chi connectivity index (χ2v) is 5.06. The van der Waals surface area contributed by atoms with Gasteiger partial charge in [0.2, 0.25) is 0 Å². The van der Waals surface area contributed by atoms with Gasteiger partial charge in [-0.05, 0) is 6.92 Å². The fourth-order valence-corrected chi connectivity index (χ4v) is 2.24. The van der Waals surface area contributed by atoms with Crippen molar-refractivity contribution in [3.8, 4) is 0 Å². The standard InChI is InChI=1S/C15H20N3O8/c1-4-11(19)25-9-7-16-13(21)17(24)15(23)18(6-3,14(16)22)8-10-26-12(20)5-2/h4-5,24H,1-2,6-10H2,3H3/q+1. The van der Waals surface area contributed by atoms with Crippen LogP contribution in [0.2, 0.25) is 0 Å².